The highest BCUT2D eigenvalue weighted by Gasteiger charge is 2.20. The fraction of sp³-hybridized carbons (Fsp3) is 0.769. The Morgan fingerprint density at radius 1 is 1.41 bits per heavy atom. The molecule has 0 radical (unpaired) electrons. The summed E-state index contributed by atoms with van der Waals surface area (Å²) in [4.78, 5) is 0. The number of aromatic nitrogens is 2. The van der Waals surface area contributed by atoms with E-state index in [0.29, 0.717) is 0 Å². The van der Waals surface area contributed by atoms with Crippen molar-refractivity contribution in [3.8, 4) is 0 Å². The maximum Gasteiger partial charge on any atom is 0.0846 e. The molecule has 1 atom stereocenters. The lowest BCUT2D eigenvalue weighted by atomic mass is 9.84. The maximum absolute atomic E-state index is 6.20. The van der Waals surface area contributed by atoms with E-state index in [4.69, 9.17) is 17.3 Å². The largest absolute Gasteiger partial charge is 0.327 e. The van der Waals surface area contributed by atoms with Crippen LogP contribution < -0.4 is 5.73 Å². The quantitative estimate of drug-likeness (QED) is 0.901. The molecule has 17 heavy (non-hydrogen) atoms. The molecule has 2 N–H and O–H groups in total. The van der Waals surface area contributed by atoms with Crippen LogP contribution in [-0.4, -0.2) is 15.8 Å². The van der Waals surface area contributed by atoms with E-state index >= 15 is 0 Å². The third kappa shape index (κ3) is 3.71. The molecule has 3 nitrogen and oxygen atoms in total. The summed E-state index contributed by atoms with van der Waals surface area (Å²) in [5.74, 6) is 0. The summed E-state index contributed by atoms with van der Waals surface area (Å²) in [5, 5.41) is 5.11. The van der Waals surface area contributed by atoms with Crippen LogP contribution in [0, 0.1) is 12.3 Å². The molecular weight excluding hydrogens is 234 g/mol. The van der Waals surface area contributed by atoms with Crippen molar-refractivity contribution < 1.29 is 0 Å². The molecule has 98 valence electrons. The second-order valence-corrected chi connectivity index (χ2v) is 6.21. The Balaban J connectivity index is 2.52. The number of nitrogens with two attached hydrogens (primary N) is 1. The Hall–Kier alpha value is -0.540. The number of halogens is 1. The van der Waals surface area contributed by atoms with Crippen molar-refractivity contribution in [3.05, 3.63) is 16.4 Å². The van der Waals surface area contributed by atoms with E-state index in [9.17, 15) is 0 Å². The van der Waals surface area contributed by atoms with E-state index in [2.05, 4.69) is 25.9 Å². The minimum Gasteiger partial charge on any atom is -0.327 e. The molecule has 1 heterocycles. The molecule has 1 aromatic heterocycles. The zero-order valence-corrected chi connectivity index (χ0v) is 12.3. The highest BCUT2D eigenvalue weighted by molar-refractivity contribution is 6.31. The van der Waals surface area contributed by atoms with E-state index in [0.717, 1.165) is 35.7 Å². The van der Waals surface area contributed by atoms with E-state index in [1.807, 2.05) is 18.7 Å². The Morgan fingerprint density at radius 2 is 2.00 bits per heavy atom. The first-order valence-corrected chi connectivity index (χ1v) is 6.55. The standard InChI is InChI=1S/C13H24ClN3/c1-9-12(14)10(17(5)16-9)7-6-8-11(15)13(2,3)4/h11H,6-8,15H2,1-5H3. The molecule has 0 aliphatic heterocycles. The number of aryl methyl sites for hydroxylation is 2. The van der Waals surface area contributed by atoms with Crippen molar-refractivity contribution in [2.24, 2.45) is 18.2 Å². The average molecular weight is 258 g/mol. The Bertz CT molecular complexity index is 377. The Labute approximate surface area is 109 Å². The summed E-state index contributed by atoms with van der Waals surface area (Å²) in [6.07, 6.45) is 3.02. The molecule has 0 fully saturated rings. The van der Waals surface area contributed by atoms with Gasteiger partial charge in [-0.3, -0.25) is 4.68 Å². The topological polar surface area (TPSA) is 43.8 Å². The molecule has 4 heteroatoms. The summed E-state index contributed by atoms with van der Waals surface area (Å²) in [6, 6.07) is 0.232. The van der Waals surface area contributed by atoms with Crippen molar-refractivity contribution in [2.45, 2.75) is 53.0 Å². The van der Waals surface area contributed by atoms with Crippen LogP contribution in [-0.2, 0) is 13.5 Å². The third-order valence-electron chi connectivity index (χ3n) is 3.30. The predicted octanol–water partition coefficient (Wildman–Crippen LogP) is 3.08. The van der Waals surface area contributed by atoms with Gasteiger partial charge in [0.15, 0.2) is 0 Å². The molecular formula is C13H24ClN3. The molecule has 0 saturated heterocycles. The van der Waals surface area contributed by atoms with Crippen molar-refractivity contribution in [1.29, 1.82) is 0 Å². The molecule has 1 aromatic rings. The van der Waals surface area contributed by atoms with E-state index in [1.165, 1.54) is 0 Å². The number of hydrogen-bond donors (Lipinski definition) is 1. The summed E-state index contributed by atoms with van der Waals surface area (Å²) in [7, 11) is 1.94. The van der Waals surface area contributed by atoms with Crippen LogP contribution in [0.25, 0.3) is 0 Å². The number of hydrogen-bond acceptors (Lipinski definition) is 2. The molecule has 0 saturated carbocycles. The van der Waals surface area contributed by atoms with Gasteiger partial charge in [0.25, 0.3) is 0 Å². The van der Waals surface area contributed by atoms with Gasteiger partial charge in [-0.05, 0) is 31.6 Å². The minimum absolute atomic E-state index is 0.173. The van der Waals surface area contributed by atoms with Gasteiger partial charge in [0.2, 0.25) is 0 Å². The first-order valence-electron chi connectivity index (χ1n) is 6.17. The molecule has 0 aromatic carbocycles. The first kappa shape index (κ1) is 14.5. The van der Waals surface area contributed by atoms with Crippen LogP contribution in [0.5, 0.6) is 0 Å². The average Bonchev–Trinajstić information content (AvgIpc) is 2.42. The normalized spacial score (nSPS) is 14.1. The lowest BCUT2D eigenvalue weighted by molar-refractivity contribution is 0.301. The highest BCUT2D eigenvalue weighted by Crippen LogP contribution is 2.24. The smallest absolute Gasteiger partial charge is 0.0846 e. The van der Waals surface area contributed by atoms with E-state index in [-0.39, 0.29) is 11.5 Å². The van der Waals surface area contributed by atoms with E-state index in [1.54, 1.807) is 0 Å². The lowest BCUT2D eigenvalue weighted by Crippen LogP contribution is -2.34. The van der Waals surface area contributed by atoms with Crippen LogP contribution in [0.2, 0.25) is 5.02 Å². The predicted molar refractivity (Wildman–Crippen MR) is 73.3 cm³/mol. The zero-order chi connectivity index (χ0) is 13.2. The molecule has 0 aliphatic rings. The first-order chi connectivity index (χ1) is 7.73. The molecule has 1 unspecified atom stereocenters. The van der Waals surface area contributed by atoms with Gasteiger partial charge in [-0.25, -0.2) is 0 Å². The summed E-state index contributed by atoms with van der Waals surface area (Å²) in [5.41, 5.74) is 8.34. The molecule has 0 aliphatic carbocycles. The van der Waals surface area contributed by atoms with Crippen LogP contribution >= 0.6 is 11.6 Å². The molecule has 0 amide bonds. The third-order valence-corrected chi connectivity index (χ3v) is 3.79. The Kier molecular flexibility index (Phi) is 4.62. The monoisotopic (exact) mass is 257 g/mol. The van der Waals surface area contributed by atoms with Crippen LogP contribution in [0.15, 0.2) is 0 Å². The summed E-state index contributed by atoms with van der Waals surface area (Å²) < 4.78 is 1.88. The second kappa shape index (κ2) is 5.40. The van der Waals surface area contributed by atoms with E-state index < -0.39 is 0 Å². The van der Waals surface area contributed by atoms with Gasteiger partial charge in [0.1, 0.15) is 0 Å². The second-order valence-electron chi connectivity index (χ2n) is 5.83. The Morgan fingerprint density at radius 3 is 2.41 bits per heavy atom. The number of rotatable bonds is 4. The number of nitrogens with zero attached hydrogens (tertiary/aromatic N) is 2. The summed E-state index contributed by atoms with van der Waals surface area (Å²) in [6.45, 7) is 8.48. The van der Waals surface area contributed by atoms with Gasteiger partial charge in [0, 0.05) is 13.1 Å². The SMILES string of the molecule is Cc1nn(C)c(CCCC(N)C(C)(C)C)c1Cl. The van der Waals surface area contributed by atoms with Gasteiger partial charge in [-0.2, -0.15) is 5.10 Å². The van der Waals surface area contributed by atoms with Gasteiger partial charge in [-0.15, -0.1) is 0 Å². The van der Waals surface area contributed by atoms with Gasteiger partial charge in [0.05, 0.1) is 16.4 Å². The fourth-order valence-electron chi connectivity index (χ4n) is 1.87. The van der Waals surface area contributed by atoms with Gasteiger partial charge < -0.3 is 5.73 Å². The van der Waals surface area contributed by atoms with Crippen LogP contribution in [0.1, 0.15) is 45.0 Å². The van der Waals surface area contributed by atoms with Gasteiger partial charge >= 0.3 is 0 Å². The maximum atomic E-state index is 6.20. The van der Waals surface area contributed by atoms with Crippen LogP contribution in [0.3, 0.4) is 0 Å². The zero-order valence-electron chi connectivity index (χ0n) is 11.5. The van der Waals surface area contributed by atoms with Gasteiger partial charge in [-0.1, -0.05) is 32.4 Å². The van der Waals surface area contributed by atoms with Crippen LogP contribution in [0.4, 0.5) is 0 Å². The summed E-state index contributed by atoms with van der Waals surface area (Å²) >= 11 is 6.20. The fourth-order valence-corrected chi connectivity index (χ4v) is 2.13. The highest BCUT2D eigenvalue weighted by atomic mass is 35.5. The van der Waals surface area contributed by atoms with Crippen molar-refractivity contribution in [3.63, 3.8) is 0 Å². The minimum atomic E-state index is 0.173. The van der Waals surface area contributed by atoms with Crippen molar-refractivity contribution >= 4 is 11.6 Å². The lowest BCUT2D eigenvalue weighted by Gasteiger charge is -2.26. The molecule has 1 rings (SSSR count). The van der Waals surface area contributed by atoms with Crippen molar-refractivity contribution in [1.82, 2.24) is 9.78 Å². The molecule has 0 spiro atoms. The molecule has 0 bridgehead atoms. The van der Waals surface area contributed by atoms with Crippen molar-refractivity contribution in [2.75, 3.05) is 0 Å².